The van der Waals surface area contributed by atoms with Crippen LogP contribution in [0.4, 0.5) is 26.3 Å². The van der Waals surface area contributed by atoms with Crippen molar-refractivity contribution < 1.29 is 64.8 Å². The third kappa shape index (κ3) is 10.5. The molecule has 0 aliphatic rings. The Balaban J connectivity index is 6.53. The van der Waals surface area contributed by atoms with Crippen LogP contribution in [0.3, 0.4) is 0 Å². The average molecular weight is 581 g/mol. The predicted octanol–water partition coefficient (Wildman–Crippen LogP) is 5.84. The highest BCUT2D eigenvalue weighted by atomic mass is 19.4. The Kier molecular flexibility index (Phi) is 13.3. The maximum Gasteiger partial charge on any atom is 0.425 e. The lowest BCUT2D eigenvalue weighted by Gasteiger charge is -2.42. The number of esters is 3. The highest BCUT2D eigenvalue weighted by molar-refractivity contribution is 5.83. The first-order chi connectivity index (χ1) is 17.6. The minimum atomic E-state index is -5.45. The van der Waals surface area contributed by atoms with Gasteiger partial charge in [0.2, 0.25) is 0 Å². The van der Waals surface area contributed by atoms with Crippen LogP contribution in [0, 0.1) is 16.2 Å². The number of ether oxygens (including phenoxy) is 4. The molecule has 3 unspecified atom stereocenters. The molecule has 0 heterocycles. The number of carbonyl (C=O) groups excluding carboxylic acids is 3. The molecule has 8 nitrogen and oxygen atoms in total. The van der Waals surface area contributed by atoms with Crippen LogP contribution in [0.5, 0.6) is 0 Å². The van der Waals surface area contributed by atoms with Crippen molar-refractivity contribution in [3.05, 3.63) is 12.3 Å². The maximum atomic E-state index is 14.5. The van der Waals surface area contributed by atoms with Crippen LogP contribution in [0.15, 0.2) is 12.3 Å². The third-order valence-corrected chi connectivity index (χ3v) is 6.03. The number of rotatable bonds is 16. The summed E-state index contributed by atoms with van der Waals surface area (Å²) in [6, 6.07) is 0. The summed E-state index contributed by atoms with van der Waals surface area (Å²) in [7, 11) is 0. The van der Waals surface area contributed by atoms with E-state index in [4.69, 9.17) is 14.2 Å². The molecule has 0 saturated carbocycles. The number of alkyl halides is 6. The Morgan fingerprint density at radius 3 is 1.85 bits per heavy atom. The first kappa shape index (κ1) is 36.5. The second kappa shape index (κ2) is 14.2. The number of hydrogen-bond donors (Lipinski definition) is 1. The van der Waals surface area contributed by atoms with Crippen molar-refractivity contribution in [2.75, 3.05) is 26.4 Å². The molecule has 0 aliphatic heterocycles. The molecule has 0 rings (SSSR count). The topological polar surface area (TPSA) is 108 Å². The first-order valence-corrected chi connectivity index (χ1v) is 12.2. The summed E-state index contributed by atoms with van der Waals surface area (Å²) in [5.74, 6) is -5.00. The molecule has 39 heavy (non-hydrogen) atoms. The SMILES string of the molecule is C=C(O)COC(=O)C(C)(C)CC(C)(CC(CC)(C(=O)OC(C)C(F)(F)F)C(F)(F)F)C(=O)OCCOCCC. The Hall–Kier alpha value is -2.51. The molecule has 0 fully saturated rings. The van der Waals surface area contributed by atoms with Gasteiger partial charge in [0.15, 0.2) is 11.5 Å². The van der Waals surface area contributed by atoms with E-state index in [1.54, 1.807) is 0 Å². The summed E-state index contributed by atoms with van der Waals surface area (Å²) in [5.41, 5.74) is -7.50. The molecule has 0 aliphatic carbocycles. The van der Waals surface area contributed by atoms with Gasteiger partial charge in [-0.25, -0.2) is 0 Å². The number of carbonyl (C=O) groups is 3. The van der Waals surface area contributed by atoms with Gasteiger partial charge in [0.05, 0.1) is 17.4 Å². The summed E-state index contributed by atoms with van der Waals surface area (Å²) in [6.07, 6.45) is -15.9. The van der Waals surface area contributed by atoms with E-state index >= 15 is 0 Å². The van der Waals surface area contributed by atoms with Crippen molar-refractivity contribution >= 4 is 17.9 Å². The summed E-state index contributed by atoms with van der Waals surface area (Å²) < 4.78 is 102. The van der Waals surface area contributed by atoms with E-state index < -0.39 is 84.2 Å². The van der Waals surface area contributed by atoms with Gasteiger partial charge in [-0.15, -0.1) is 0 Å². The molecular weight excluding hydrogens is 542 g/mol. The quantitative estimate of drug-likeness (QED) is 0.0798. The lowest BCUT2D eigenvalue weighted by molar-refractivity contribution is -0.262. The maximum absolute atomic E-state index is 14.5. The van der Waals surface area contributed by atoms with Crippen molar-refractivity contribution in [2.45, 2.75) is 85.7 Å². The smallest absolute Gasteiger partial charge is 0.425 e. The molecule has 0 radical (unpaired) electrons. The van der Waals surface area contributed by atoms with Crippen LogP contribution in [0.2, 0.25) is 0 Å². The van der Waals surface area contributed by atoms with Crippen molar-refractivity contribution in [1.82, 2.24) is 0 Å². The highest BCUT2D eigenvalue weighted by Crippen LogP contribution is 2.53. The summed E-state index contributed by atoms with van der Waals surface area (Å²) in [6.45, 7) is 9.00. The fourth-order valence-corrected chi connectivity index (χ4v) is 3.98. The number of halogens is 6. The standard InChI is InChI=1S/C25H38F6O8/c1-8-10-36-11-12-37-19(34)22(7,14-21(5,6)18(33)38-13-16(3)32)15-23(9-2,25(29,30)31)20(35)39-17(4)24(26,27)28/h17,32H,3,8-15H2,1-2,4-7H3. The molecule has 0 aromatic rings. The molecule has 3 atom stereocenters. The van der Waals surface area contributed by atoms with Gasteiger partial charge in [0.1, 0.15) is 19.0 Å². The van der Waals surface area contributed by atoms with Gasteiger partial charge in [-0.3, -0.25) is 14.4 Å². The Morgan fingerprint density at radius 1 is 0.846 bits per heavy atom. The van der Waals surface area contributed by atoms with Gasteiger partial charge in [-0.2, -0.15) is 26.3 Å². The van der Waals surface area contributed by atoms with Crippen molar-refractivity contribution in [3.63, 3.8) is 0 Å². The van der Waals surface area contributed by atoms with Crippen LogP contribution in [-0.4, -0.2) is 67.9 Å². The number of aliphatic hydroxyl groups is 1. The second-order valence-corrected chi connectivity index (χ2v) is 10.2. The average Bonchev–Trinajstić information content (AvgIpc) is 2.78. The Labute approximate surface area is 224 Å². The van der Waals surface area contributed by atoms with Crippen LogP contribution in [0.25, 0.3) is 0 Å². The zero-order valence-corrected chi connectivity index (χ0v) is 23.0. The monoisotopic (exact) mass is 580 g/mol. The van der Waals surface area contributed by atoms with Crippen LogP contribution in [-0.2, 0) is 33.3 Å². The van der Waals surface area contributed by atoms with Crippen LogP contribution in [0.1, 0.15) is 67.2 Å². The lowest BCUT2D eigenvalue weighted by atomic mass is 9.64. The fraction of sp³-hybridized carbons (Fsp3) is 0.800. The van der Waals surface area contributed by atoms with Gasteiger partial charge in [-0.1, -0.05) is 20.4 Å². The summed E-state index contributed by atoms with van der Waals surface area (Å²) in [5, 5.41) is 9.20. The van der Waals surface area contributed by atoms with Crippen LogP contribution >= 0.6 is 0 Å². The van der Waals surface area contributed by atoms with E-state index in [1.807, 2.05) is 6.92 Å². The minimum Gasteiger partial charge on any atom is -0.509 e. The fourth-order valence-electron chi connectivity index (χ4n) is 3.98. The molecule has 1 N–H and O–H groups in total. The zero-order valence-electron chi connectivity index (χ0n) is 23.0. The number of hydrogen-bond acceptors (Lipinski definition) is 8. The van der Waals surface area contributed by atoms with Gasteiger partial charge < -0.3 is 24.1 Å². The van der Waals surface area contributed by atoms with E-state index in [2.05, 4.69) is 11.3 Å². The molecular formula is C25H38F6O8. The van der Waals surface area contributed by atoms with E-state index in [-0.39, 0.29) is 13.2 Å². The molecule has 14 heteroatoms. The largest absolute Gasteiger partial charge is 0.509 e. The highest BCUT2D eigenvalue weighted by Gasteiger charge is 2.65. The molecule has 0 aromatic heterocycles. The van der Waals surface area contributed by atoms with Gasteiger partial charge in [0.25, 0.3) is 0 Å². The van der Waals surface area contributed by atoms with Crippen molar-refractivity contribution in [3.8, 4) is 0 Å². The normalized spacial score (nSPS) is 16.4. The third-order valence-electron chi connectivity index (χ3n) is 6.03. The first-order valence-electron chi connectivity index (χ1n) is 12.2. The molecule has 0 amide bonds. The summed E-state index contributed by atoms with van der Waals surface area (Å²) in [4.78, 5) is 38.6. The molecule has 228 valence electrons. The van der Waals surface area contributed by atoms with Gasteiger partial charge in [0, 0.05) is 6.61 Å². The zero-order chi connectivity index (χ0) is 30.9. The van der Waals surface area contributed by atoms with Gasteiger partial charge >= 0.3 is 30.3 Å². The second-order valence-electron chi connectivity index (χ2n) is 10.2. The van der Waals surface area contributed by atoms with E-state index in [9.17, 15) is 45.8 Å². The van der Waals surface area contributed by atoms with Crippen molar-refractivity contribution in [1.29, 1.82) is 0 Å². The number of aliphatic hydroxyl groups excluding tert-OH is 1. The molecule has 0 bridgehead atoms. The minimum absolute atomic E-state index is 0.0942. The van der Waals surface area contributed by atoms with Crippen LogP contribution < -0.4 is 0 Å². The molecule has 0 spiro atoms. The lowest BCUT2D eigenvalue weighted by Crippen LogP contribution is -2.53. The van der Waals surface area contributed by atoms with E-state index in [1.165, 1.54) is 13.8 Å². The Morgan fingerprint density at radius 2 is 1.41 bits per heavy atom. The molecule has 0 aromatic carbocycles. The Bertz CT molecular complexity index is 854. The van der Waals surface area contributed by atoms with E-state index in [0.717, 1.165) is 13.8 Å². The van der Waals surface area contributed by atoms with Gasteiger partial charge in [-0.05, 0) is 53.4 Å². The molecule has 0 saturated heterocycles. The van der Waals surface area contributed by atoms with Crippen molar-refractivity contribution in [2.24, 2.45) is 16.2 Å². The predicted molar refractivity (Wildman–Crippen MR) is 126 cm³/mol. The summed E-state index contributed by atoms with van der Waals surface area (Å²) >= 11 is 0. The van der Waals surface area contributed by atoms with E-state index in [0.29, 0.717) is 20.0 Å².